The lowest BCUT2D eigenvalue weighted by molar-refractivity contribution is -0.136. The summed E-state index contributed by atoms with van der Waals surface area (Å²) < 4.78 is 3.54. The topological polar surface area (TPSA) is 72.9 Å². The molecule has 2 heterocycles. The van der Waals surface area contributed by atoms with Crippen molar-refractivity contribution in [2.45, 2.75) is 26.8 Å². The van der Waals surface area contributed by atoms with Crippen LogP contribution in [0.1, 0.15) is 22.6 Å². The largest absolute Gasteiger partial charge is 0.481 e. The third kappa shape index (κ3) is 2.42. The normalized spacial score (nSPS) is 10.8. The molecule has 2 rings (SSSR count). The van der Waals surface area contributed by atoms with E-state index in [-0.39, 0.29) is 6.42 Å². The van der Waals surface area contributed by atoms with Gasteiger partial charge in [-0.25, -0.2) is 0 Å². The monoisotopic (exact) mass is 248 g/mol. The van der Waals surface area contributed by atoms with Crippen molar-refractivity contribution in [3.8, 4) is 0 Å². The summed E-state index contributed by atoms with van der Waals surface area (Å²) in [6.45, 7) is 4.29. The first-order valence-corrected chi connectivity index (χ1v) is 5.70. The Labute approximate surface area is 105 Å². The molecule has 0 radical (unpaired) electrons. The molecular formula is C12H16N4O2. The van der Waals surface area contributed by atoms with Crippen LogP contribution in [0.2, 0.25) is 0 Å². The van der Waals surface area contributed by atoms with E-state index in [2.05, 4.69) is 10.2 Å². The predicted octanol–water partition coefficient (Wildman–Crippen LogP) is 0.909. The summed E-state index contributed by atoms with van der Waals surface area (Å²) in [5.74, 6) is -0.835. The van der Waals surface area contributed by atoms with Gasteiger partial charge in [0.05, 0.1) is 24.4 Å². The van der Waals surface area contributed by atoms with Crippen LogP contribution in [0.25, 0.3) is 0 Å². The molecule has 0 saturated carbocycles. The van der Waals surface area contributed by atoms with Gasteiger partial charge in [0, 0.05) is 24.5 Å². The standard InChI is InChI=1S/C12H16N4O2/c1-8-11(6-12(17)18)9(2)16(13-8)7-10-4-5-15(3)14-10/h4-5H,6-7H2,1-3H3,(H,17,18). The number of aryl methyl sites for hydroxylation is 2. The van der Waals surface area contributed by atoms with E-state index in [9.17, 15) is 4.79 Å². The lowest BCUT2D eigenvalue weighted by Crippen LogP contribution is -2.06. The minimum Gasteiger partial charge on any atom is -0.481 e. The number of hydrogen-bond donors (Lipinski definition) is 1. The van der Waals surface area contributed by atoms with Crippen LogP contribution in [0.3, 0.4) is 0 Å². The number of carboxylic acids is 1. The fraction of sp³-hybridized carbons (Fsp3) is 0.417. The van der Waals surface area contributed by atoms with Crippen molar-refractivity contribution < 1.29 is 9.90 Å². The third-order valence-electron chi connectivity index (χ3n) is 2.94. The summed E-state index contributed by atoms with van der Waals surface area (Å²) in [5, 5.41) is 17.5. The van der Waals surface area contributed by atoms with Crippen LogP contribution in [0, 0.1) is 13.8 Å². The smallest absolute Gasteiger partial charge is 0.307 e. The van der Waals surface area contributed by atoms with E-state index in [0.717, 1.165) is 22.6 Å². The zero-order valence-corrected chi connectivity index (χ0v) is 10.7. The van der Waals surface area contributed by atoms with Gasteiger partial charge in [0.15, 0.2) is 0 Å². The van der Waals surface area contributed by atoms with E-state index in [1.165, 1.54) is 0 Å². The number of carboxylic acid groups (broad SMARTS) is 1. The highest BCUT2D eigenvalue weighted by atomic mass is 16.4. The summed E-state index contributed by atoms with van der Waals surface area (Å²) in [6.07, 6.45) is 1.89. The second-order valence-electron chi connectivity index (χ2n) is 4.36. The molecule has 18 heavy (non-hydrogen) atoms. The summed E-state index contributed by atoms with van der Waals surface area (Å²) in [5.41, 5.74) is 3.36. The molecule has 0 bridgehead atoms. The van der Waals surface area contributed by atoms with Crippen LogP contribution >= 0.6 is 0 Å². The first kappa shape index (κ1) is 12.3. The van der Waals surface area contributed by atoms with E-state index in [1.807, 2.05) is 33.2 Å². The minimum absolute atomic E-state index is 0.0138. The zero-order valence-electron chi connectivity index (χ0n) is 10.7. The van der Waals surface area contributed by atoms with Gasteiger partial charge >= 0.3 is 5.97 Å². The molecule has 0 atom stereocenters. The molecule has 0 amide bonds. The van der Waals surface area contributed by atoms with Gasteiger partial charge in [0.2, 0.25) is 0 Å². The molecule has 0 aliphatic rings. The molecular weight excluding hydrogens is 232 g/mol. The van der Waals surface area contributed by atoms with Crippen LogP contribution in [0.5, 0.6) is 0 Å². The lowest BCUT2D eigenvalue weighted by atomic mass is 10.1. The molecule has 96 valence electrons. The molecule has 0 saturated heterocycles. The van der Waals surface area contributed by atoms with Crippen LogP contribution in [0.15, 0.2) is 12.3 Å². The number of aliphatic carboxylic acids is 1. The van der Waals surface area contributed by atoms with Crippen LogP contribution in [-0.2, 0) is 24.8 Å². The Morgan fingerprint density at radius 2 is 2.11 bits per heavy atom. The maximum absolute atomic E-state index is 10.8. The highest BCUT2D eigenvalue weighted by Gasteiger charge is 2.14. The first-order chi connectivity index (χ1) is 8.47. The predicted molar refractivity (Wildman–Crippen MR) is 65.4 cm³/mol. The summed E-state index contributed by atoms with van der Waals surface area (Å²) in [4.78, 5) is 10.8. The molecule has 2 aromatic rings. The second kappa shape index (κ2) is 4.64. The lowest BCUT2D eigenvalue weighted by Gasteiger charge is -2.02. The SMILES string of the molecule is Cc1nn(Cc2ccn(C)n2)c(C)c1CC(=O)O. The third-order valence-corrected chi connectivity index (χ3v) is 2.94. The van der Waals surface area contributed by atoms with Crippen LogP contribution < -0.4 is 0 Å². The summed E-state index contributed by atoms with van der Waals surface area (Å²) in [6, 6.07) is 1.92. The van der Waals surface area contributed by atoms with Crippen LogP contribution in [0.4, 0.5) is 0 Å². The molecule has 0 unspecified atom stereocenters. The van der Waals surface area contributed by atoms with Crippen LogP contribution in [-0.4, -0.2) is 30.6 Å². The van der Waals surface area contributed by atoms with Crippen molar-refractivity contribution in [1.82, 2.24) is 19.6 Å². The molecule has 0 aliphatic heterocycles. The van der Waals surface area contributed by atoms with Crippen molar-refractivity contribution in [3.05, 3.63) is 34.9 Å². The fourth-order valence-corrected chi connectivity index (χ4v) is 2.00. The van der Waals surface area contributed by atoms with Gasteiger partial charge in [0.25, 0.3) is 0 Å². The number of nitrogens with zero attached hydrogens (tertiary/aromatic N) is 4. The molecule has 2 aromatic heterocycles. The Morgan fingerprint density at radius 1 is 1.39 bits per heavy atom. The van der Waals surface area contributed by atoms with E-state index in [0.29, 0.717) is 6.54 Å². The summed E-state index contributed by atoms with van der Waals surface area (Å²) in [7, 11) is 1.86. The van der Waals surface area contributed by atoms with E-state index < -0.39 is 5.97 Å². The number of hydrogen-bond acceptors (Lipinski definition) is 3. The van der Waals surface area contributed by atoms with Gasteiger partial charge in [-0.15, -0.1) is 0 Å². The molecule has 0 fully saturated rings. The van der Waals surface area contributed by atoms with E-state index >= 15 is 0 Å². The van der Waals surface area contributed by atoms with Gasteiger partial charge in [0.1, 0.15) is 0 Å². The average Bonchev–Trinajstić information content (AvgIpc) is 2.78. The van der Waals surface area contributed by atoms with Crippen molar-refractivity contribution in [3.63, 3.8) is 0 Å². The number of aromatic nitrogens is 4. The molecule has 0 spiro atoms. The molecule has 6 heteroatoms. The molecule has 0 aromatic carbocycles. The molecule has 6 nitrogen and oxygen atoms in total. The fourth-order valence-electron chi connectivity index (χ4n) is 2.00. The number of carbonyl (C=O) groups is 1. The minimum atomic E-state index is -0.835. The van der Waals surface area contributed by atoms with Crippen molar-refractivity contribution >= 4 is 5.97 Å². The van der Waals surface area contributed by atoms with Gasteiger partial charge < -0.3 is 5.11 Å². The van der Waals surface area contributed by atoms with Gasteiger partial charge in [-0.2, -0.15) is 10.2 Å². The quantitative estimate of drug-likeness (QED) is 0.872. The van der Waals surface area contributed by atoms with Crippen molar-refractivity contribution in [2.24, 2.45) is 7.05 Å². The highest BCUT2D eigenvalue weighted by molar-refractivity contribution is 5.70. The van der Waals surface area contributed by atoms with E-state index in [1.54, 1.807) is 9.36 Å². The van der Waals surface area contributed by atoms with Gasteiger partial charge in [-0.05, 0) is 19.9 Å². The second-order valence-corrected chi connectivity index (χ2v) is 4.36. The average molecular weight is 248 g/mol. The van der Waals surface area contributed by atoms with Crippen molar-refractivity contribution in [1.29, 1.82) is 0 Å². The molecule has 1 N–H and O–H groups in total. The van der Waals surface area contributed by atoms with E-state index in [4.69, 9.17) is 5.11 Å². The summed E-state index contributed by atoms with van der Waals surface area (Å²) >= 11 is 0. The van der Waals surface area contributed by atoms with Crippen molar-refractivity contribution in [2.75, 3.05) is 0 Å². The maximum Gasteiger partial charge on any atom is 0.307 e. The Hall–Kier alpha value is -2.11. The number of rotatable bonds is 4. The highest BCUT2D eigenvalue weighted by Crippen LogP contribution is 2.15. The Bertz CT molecular complexity index is 583. The Balaban J connectivity index is 2.26. The Morgan fingerprint density at radius 3 is 2.67 bits per heavy atom. The van der Waals surface area contributed by atoms with Gasteiger partial charge in [-0.1, -0.05) is 0 Å². The Kier molecular flexibility index (Phi) is 3.18. The zero-order chi connectivity index (χ0) is 13.3. The first-order valence-electron chi connectivity index (χ1n) is 5.70. The van der Waals surface area contributed by atoms with Gasteiger partial charge in [-0.3, -0.25) is 14.2 Å². The maximum atomic E-state index is 10.8. The molecule has 0 aliphatic carbocycles.